The van der Waals surface area contributed by atoms with Crippen LogP contribution >= 0.6 is 0 Å². The third kappa shape index (κ3) is 3.09. The first-order valence-corrected chi connectivity index (χ1v) is 8.43. The van der Waals surface area contributed by atoms with Crippen LogP contribution in [0.1, 0.15) is 48.9 Å². The molecule has 1 N–H and O–H groups in total. The molecule has 0 radical (unpaired) electrons. The molecular formula is C17H25N3O2. The maximum atomic E-state index is 13.0. The van der Waals surface area contributed by atoms with Crippen LogP contribution in [0.3, 0.4) is 0 Å². The Balaban J connectivity index is 1.84. The quantitative estimate of drug-likeness (QED) is 0.925. The van der Waals surface area contributed by atoms with Crippen LogP contribution in [-0.4, -0.2) is 53.2 Å². The van der Waals surface area contributed by atoms with Gasteiger partial charge in [-0.05, 0) is 50.7 Å². The predicted molar refractivity (Wildman–Crippen MR) is 86.1 cm³/mol. The molecule has 0 aliphatic carbocycles. The van der Waals surface area contributed by atoms with E-state index in [1.165, 1.54) is 12.8 Å². The van der Waals surface area contributed by atoms with E-state index in [-0.39, 0.29) is 18.6 Å². The van der Waals surface area contributed by atoms with Crippen molar-refractivity contribution in [3.63, 3.8) is 0 Å². The number of amides is 1. The Morgan fingerprint density at radius 3 is 2.77 bits per heavy atom. The summed E-state index contributed by atoms with van der Waals surface area (Å²) in [6.07, 6.45) is 7.96. The molecule has 2 aliphatic heterocycles. The molecule has 120 valence electrons. The van der Waals surface area contributed by atoms with E-state index in [0.717, 1.165) is 44.7 Å². The molecule has 2 aliphatic rings. The molecule has 2 fully saturated rings. The number of hydrogen-bond donors (Lipinski definition) is 1. The van der Waals surface area contributed by atoms with Crippen molar-refractivity contribution in [2.75, 3.05) is 31.1 Å². The molecule has 3 heterocycles. The summed E-state index contributed by atoms with van der Waals surface area (Å²) in [5, 5.41) is 9.26. The zero-order valence-corrected chi connectivity index (χ0v) is 13.1. The van der Waals surface area contributed by atoms with Crippen LogP contribution in [-0.2, 0) is 0 Å². The highest BCUT2D eigenvalue weighted by Gasteiger charge is 2.30. The van der Waals surface area contributed by atoms with Crippen molar-refractivity contribution in [3.8, 4) is 0 Å². The van der Waals surface area contributed by atoms with E-state index < -0.39 is 0 Å². The van der Waals surface area contributed by atoms with Crippen LogP contribution in [0.15, 0.2) is 18.3 Å². The van der Waals surface area contributed by atoms with Crippen molar-refractivity contribution < 1.29 is 9.90 Å². The maximum Gasteiger partial charge on any atom is 0.257 e. The van der Waals surface area contributed by atoms with E-state index in [4.69, 9.17) is 0 Å². The second kappa shape index (κ2) is 7.09. The molecule has 5 heteroatoms. The topological polar surface area (TPSA) is 56.7 Å². The molecule has 1 unspecified atom stereocenters. The standard InChI is InChI=1S/C17H25N3O2/c21-13-8-14-6-1-2-12-20(14)17(22)15-7-5-9-18-16(15)19-10-3-4-11-19/h5,7,9,14,21H,1-4,6,8,10-13H2. The highest BCUT2D eigenvalue weighted by atomic mass is 16.3. The molecule has 2 saturated heterocycles. The van der Waals surface area contributed by atoms with Crippen LogP contribution in [0, 0.1) is 0 Å². The lowest BCUT2D eigenvalue weighted by atomic mass is 9.98. The van der Waals surface area contributed by atoms with Gasteiger partial charge in [0.1, 0.15) is 5.82 Å². The average molecular weight is 303 g/mol. The first-order chi connectivity index (χ1) is 10.8. The molecule has 0 saturated carbocycles. The minimum Gasteiger partial charge on any atom is -0.396 e. The number of nitrogens with zero attached hydrogens (tertiary/aromatic N) is 3. The lowest BCUT2D eigenvalue weighted by Crippen LogP contribution is -2.44. The SMILES string of the molecule is O=C(c1cccnc1N1CCCC1)N1CCCCC1CCO. The minimum atomic E-state index is 0.0770. The molecule has 1 aromatic heterocycles. The molecule has 3 rings (SSSR count). The largest absolute Gasteiger partial charge is 0.396 e. The number of likely N-dealkylation sites (tertiary alicyclic amines) is 1. The van der Waals surface area contributed by atoms with Crippen molar-refractivity contribution >= 4 is 11.7 Å². The van der Waals surface area contributed by atoms with Crippen molar-refractivity contribution in [1.29, 1.82) is 0 Å². The fraction of sp³-hybridized carbons (Fsp3) is 0.647. The molecule has 22 heavy (non-hydrogen) atoms. The molecular weight excluding hydrogens is 278 g/mol. The monoisotopic (exact) mass is 303 g/mol. The van der Waals surface area contributed by atoms with Gasteiger partial charge >= 0.3 is 0 Å². The Labute approximate surface area is 131 Å². The Kier molecular flexibility index (Phi) is 4.93. The van der Waals surface area contributed by atoms with E-state index in [2.05, 4.69) is 9.88 Å². The maximum absolute atomic E-state index is 13.0. The number of rotatable bonds is 4. The first-order valence-electron chi connectivity index (χ1n) is 8.43. The van der Waals surface area contributed by atoms with Gasteiger partial charge in [-0.15, -0.1) is 0 Å². The number of anilines is 1. The van der Waals surface area contributed by atoms with Crippen LogP contribution in [0.4, 0.5) is 5.82 Å². The van der Waals surface area contributed by atoms with Gasteiger partial charge in [0, 0.05) is 38.5 Å². The highest BCUT2D eigenvalue weighted by Crippen LogP contribution is 2.27. The molecule has 0 spiro atoms. The summed E-state index contributed by atoms with van der Waals surface area (Å²) >= 11 is 0. The van der Waals surface area contributed by atoms with Gasteiger partial charge in [-0.25, -0.2) is 4.98 Å². The normalized spacial score (nSPS) is 22.1. The summed E-state index contributed by atoms with van der Waals surface area (Å²) < 4.78 is 0. The molecule has 5 nitrogen and oxygen atoms in total. The van der Waals surface area contributed by atoms with Crippen LogP contribution in [0.2, 0.25) is 0 Å². The van der Waals surface area contributed by atoms with Crippen molar-refractivity contribution in [2.24, 2.45) is 0 Å². The summed E-state index contributed by atoms with van der Waals surface area (Å²) in [6, 6.07) is 3.91. The Bertz CT molecular complexity index is 512. The Morgan fingerprint density at radius 1 is 1.23 bits per heavy atom. The van der Waals surface area contributed by atoms with Gasteiger partial charge < -0.3 is 14.9 Å². The summed E-state index contributed by atoms with van der Waals surface area (Å²) in [4.78, 5) is 21.7. The van der Waals surface area contributed by atoms with Gasteiger partial charge in [0.05, 0.1) is 5.56 Å². The number of pyridine rings is 1. The van der Waals surface area contributed by atoms with Gasteiger partial charge in [0.15, 0.2) is 0 Å². The number of hydrogen-bond acceptors (Lipinski definition) is 4. The van der Waals surface area contributed by atoms with E-state index in [1.807, 2.05) is 17.0 Å². The van der Waals surface area contributed by atoms with Crippen LogP contribution < -0.4 is 4.90 Å². The van der Waals surface area contributed by atoms with Crippen molar-refractivity contribution in [2.45, 2.75) is 44.6 Å². The fourth-order valence-electron chi connectivity index (χ4n) is 3.62. The van der Waals surface area contributed by atoms with Crippen LogP contribution in [0.5, 0.6) is 0 Å². The number of aromatic nitrogens is 1. The van der Waals surface area contributed by atoms with Crippen LogP contribution in [0.25, 0.3) is 0 Å². The van der Waals surface area contributed by atoms with Gasteiger partial charge in [-0.2, -0.15) is 0 Å². The number of carbonyl (C=O) groups is 1. The lowest BCUT2D eigenvalue weighted by molar-refractivity contribution is 0.0575. The predicted octanol–water partition coefficient (Wildman–Crippen LogP) is 2.06. The van der Waals surface area contributed by atoms with Gasteiger partial charge in [0.25, 0.3) is 5.91 Å². The molecule has 0 bridgehead atoms. The minimum absolute atomic E-state index is 0.0770. The van der Waals surface area contributed by atoms with Gasteiger partial charge in [-0.1, -0.05) is 0 Å². The average Bonchev–Trinajstić information content (AvgIpc) is 3.09. The third-order valence-electron chi connectivity index (χ3n) is 4.77. The molecule has 1 atom stereocenters. The van der Waals surface area contributed by atoms with Gasteiger partial charge in [0.2, 0.25) is 0 Å². The lowest BCUT2D eigenvalue weighted by Gasteiger charge is -2.36. The highest BCUT2D eigenvalue weighted by molar-refractivity contribution is 5.99. The summed E-state index contributed by atoms with van der Waals surface area (Å²) in [5.74, 6) is 0.909. The van der Waals surface area contributed by atoms with E-state index in [9.17, 15) is 9.90 Å². The van der Waals surface area contributed by atoms with E-state index in [1.54, 1.807) is 6.20 Å². The third-order valence-corrected chi connectivity index (χ3v) is 4.77. The molecule has 1 amide bonds. The molecule has 1 aromatic rings. The second-order valence-electron chi connectivity index (χ2n) is 6.23. The molecule has 0 aromatic carbocycles. The van der Waals surface area contributed by atoms with Crippen molar-refractivity contribution in [3.05, 3.63) is 23.9 Å². The fourth-order valence-corrected chi connectivity index (χ4v) is 3.62. The zero-order chi connectivity index (χ0) is 15.4. The smallest absolute Gasteiger partial charge is 0.257 e. The second-order valence-corrected chi connectivity index (χ2v) is 6.23. The Morgan fingerprint density at radius 2 is 2.00 bits per heavy atom. The van der Waals surface area contributed by atoms with Crippen molar-refractivity contribution in [1.82, 2.24) is 9.88 Å². The summed E-state index contributed by atoms with van der Waals surface area (Å²) in [5.41, 5.74) is 0.717. The first kappa shape index (κ1) is 15.3. The summed E-state index contributed by atoms with van der Waals surface area (Å²) in [6.45, 7) is 2.90. The number of aliphatic hydroxyl groups excluding tert-OH is 1. The Hall–Kier alpha value is -1.62. The summed E-state index contributed by atoms with van der Waals surface area (Å²) in [7, 11) is 0. The number of carbonyl (C=O) groups excluding carboxylic acids is 1. The number of piperidine rings is 1. The zero-order valence-electron chi connectivity index (χ0n) is 13.1. The number of aliphatic hydroxyl groups is 1. The van der Waals surface area contributed by atoms with Gasteiger partial charge in [-0.3, -0.25) is 4.79 Å². The van der Waals surface area contributed by atoms with E-state index >= 15 is 0 Å². The van der Waals surface area contributed by atoms with E-state index in [0.29, 0.717) is 12.0 Å².